The van der Waals surface area contributed by atoms with Gasteiger partial charge in [0.15, 0.2) is 0 Å². The van der Waals surface area contributed by atoms with Crippen LogP contribution in [0.4, 0.5) is 0 Å². The lowest BCUT2D eigenvalue weighted by atomic mass is 10.0. The SMILES string of the molecule is [N-]=[N+]=N[C@H]1CO[C@H](OC(=N)C(Cl)(Cl)Cl)[C@H](OCc2ccccc2)[C@H]1OCc1ccccc1. The van der Waals surface area contributed by atoms with Crippen molar-refractivity contribution in [1.82, 2.24) is 0 Å². The van der Waals surface area contributed by atoms with Gasteiger partial charge in [0, 0.05) is 4.91 Å². The van der Waals surface area contributed by atoms with Gasteiger partial charge in [-0.1, -0.05) is 101 Å². The fraction of sp³-hybridized carbons (Fsp3) is 0.381. The second-order valence-corrected chi connectivity index (χ2v) is 9.22. The Morgan fingerprint density at radius 1 is 1.00 bits per heavy atom. The molecular formula is C21H21Cl3N4O4. The van der Waals surface area contributed by atoms with Crippen molar-refractivity contribution >= 4 is 40.7 Å². The zero-order valence-corrected chi connectivity index (χ0v) is 19.1. The highest BCUT2D eigenvalue weighted by atomic mass is 35.6. The highest BCUT2D eigenvalue weighted by Gasteiger charge is 2.45. The minimum Gasteiger partial charge on any atom is -0.445 e. The van der Waals surface area contributed by atoms with Crippen LogP contribution >= 0.6 is 34.8 Å². The molecule has 2 aromatic carbocycles. The lowest BCUT2D eigenvalue weighted by molar-refractivity contribution is -0.249. The van der Waals surface area contributed by atoms with Crippen LogP contribution in [0.1, 0.15) is 11.1 Å². The molecule has 170 valence electrons. The molecule has 0 radical (unpaired) electrons. The minimum absolute atomic E-state index is 0.0213. The standard InChI is InChI=1S/C21H21Cl3N4O4/c22-21(23,24)20(25)32-19-18(30-12-15-9-5-2-6-10-15)17(16(13-31-19)27-28-26)29-11-14-7-3-1-4-8-14/h1-10,16-19,25H,11-13H2/t16-,17-,18+,19+/m0/s1. The maximum atomic E-state index is 9.02. The van der Waals surface area contributed by atoms with E-state index >= 15 is 0 Å². The number of nitrogens with one attached hydrogen (secondary N) is 1. The number of benzene rings is 2. The second-order valence-electron chi connectivity index (χ2n) is 6.94. The van der Waals surface area contributed by atoms with Crippen LogP contribution in [0, 0.1) is 5.41 Å². The van der Waals surface area contributed by atoms with E-state index in [1.54, 1.807) is 0 Å². The van der Waals surface area contributed by atoms with E-state index in [1.165, 1.54) is 0 Å². The number of hydrogen-bond donors (Lipinski definition) is 1. The topological polar surface area (TPSA) is 110 Å². The molecule has 1 fully saturated rings. The number of halogens is 3. The zero-order valence-electron chi connectivity index (χ0n) is 16.8. The molecule has 1 heterocycles. The van der Waals surface area contributed by atoms with Crippen LogP contribution in [0.25, 0.3) is 10.4 Å². The maximum Gasteiger partial charge on any atom is 0.265 e. The van der Waals surface area contributed by atoms with Gasteiger partial charge >= 0.3 is 0 Å². The first kappa shape index (κ1) is 24.6. The smallest absolute Gasteiger partial charge is 0.265 e. The van der Waals surface area contributed by atoms with Crippen molar-refractivity contribution in [2.24, 2.45) is 5.11 Å². The Kier molecular flexibility index (Phi) is 9.02. The molecule has 1 aliphatic heterocycles. The average molecular weight is 500 g/mol. The van der Waals surface area contributed by atoms with Crippen LogP contribution in [0.15, 0.2) is 65.8 Å². The third-order valence-corrected chi connectivity index (χ3v) is 5.18. The molecule has 3 rings (SSSR count). The van der Waals surface area contributed by atoms with Crippen LogP contribution < -0.4 is 0 Å². The summed E-state index contributed by atoms with van der Waals surface area (Å²) in [4.78, 5) is 2.91. The van der Waals surface area contributed by atoms with Crippen LogP contribution in [-0.4, -0.2) is 40.8 Å². The fourth-order valence-corrected chi connectivity index (χ4v) is 3.25. The Morgan fingerprint density at radius 3 is 2.03 bits per heavy atom. The number of hydrogen-bond acceptors (Lipinski definition) is 6. The van der Waals surface area contributed by atoms with E-state index in [-0.39, 0.29) is 19.8 Å². The molecule has 32 heavy (non-hydrogen) atoms. The third kappa shape index (κ3) is 6.98. The van der Waals surface area contributed by atoms with E-state index < -0.39 is 34.2 Å². The molecule has 0 amide bonds. The fourth-order valence-electron chi connectivity index (χ4n) is 3.12. The Bertz CT molecular complexity index is 924. The monoisotopic (exact) mass is 498 g/mol. The Labute approximate surface area is 200 Å². The first-order valence-electron chi connectivity index (χ1n) is 9.67. The largest absolute Gasteiger partial charge is 0.445 e. The predicted molar refractivity (Wildman–Crippen MR) is 122 cm³/mol. The summed E-state index contributed by atoms with van der Waals surface area (Å²) in [6.07, 6.45) is -2.74. The van der Waals surface area contributed by atoms with E-state index in [2.05, 4.69) is 10.0 Å². The zero-order chi connectivity index (χ0) is 23.0. The maximum absolute atomic E-state index is 9.02. The Hall–Kier alpha value is -2.03. The van der Waals surface area contributed by atoms with Gasteiger partial charge in [-0.25, -0.2) is 0 Å². The quantitative estimate of drug-likeness (QED) is 0.128. The molecular weight excluding hydrogens is 479 g/mol. The van der Waals surface area contributed by atoms with Gasteiger partial charge in [0.1, 0.15) is 12.2 Å². The Morgan fingerprint density at radius 2 is 1.53 bits per heavy atom. The molecule has 4 atom stereocenters. The van der Waals surface area contributed by atoms with Crippen molar-refractivity contribution < 1.29 is 18.9 Å². The molecule has 8 nitrogen and oxygen atoms in total. The van der Waals surface area contributed by atoms with Crippen molar-refractivity contribution in [3.8, 4) is 0 Å². The van der Waals surface area contributed by atoms with Gasteiger partial charge in [0.25, 0.3) is 3.79 Å². The molecule has 0 aromatic heterocycles. The normalized spacial score (nSPS) is 23.2. The molecule has 0 bridgehead atoms. The van der Waals surface area contributed by atoms with Gasteiger partial charge < -0.3 is 18.9 Å². The van der Waals surface area contributed by atoms with Crippen molar-refractivity contribution in [2.45, 2.75) is 41.5 Å². The molecule has 1 N–H and O–H groups in total. The summed E-state index contributed by atoms with van der Waals surface area (Å²) in [5.41, 5.74) is 10.8. The van der Waals surface area contributed by atoms with Crippen molar-refractivity contribution in [2.75, 3.05) is 6.61 Å². The Balaban J connectivity index is 1.83. The summed E-state index contributed by atoms with van der Waals surface area (Å²) in [5, 5.41) is 11.7. The van der Waals surface area contributed by atoms with Crippen LogP contribution in [-0.2, 0) is 32.2 Å². The number of rotatable bonds is 8. The number of ether oxygens (including phenoxy) is 4. The molecule has 0 spiro atoms. The molecule has 0 unspecified atom stereocenters. The summed E-state index contributed by atoms with van der Waals surface area (Å²) in [6, 6.07) is 18.3. The van der Waals surface area contributed by atoms with Crippen molar-refractivity contribution in [3.63, 3.8) is 0 Å². The highest BCUT2D eigenvalue weighted by Crippen LogP contribution is 2.32. The first-order chi connectivity index (χ1) is 15.4. The van der Waals surface area contributed by atoms with Gasteiger partial charge in [-0.2, -0.15) is 0 Å². The summed E-state index contributed by atoms with van der Waals surface area (Å²) < 4.78 is 21.3. The summed E-state index contributed by atoms with van der Waals surface area (Å²) in [6.45, 7) is 0.416. The van der Waals surface area contributed by atoms with Gasteiger partial charge in [0.05, 0.1) is 25.9 Å². The molecule has 11 heteroatoms. The number of alkyl halides is 3. The highest BCUT2D eigenvalue weighted by molar-refractivity contribution is 6.76. The van der Waals surface area contributed by atoms with Gasteiger partial charge in [-0.3, -0.25) is 5.41 Å². The van der Waals surface area contributed by atoms with E-state index in [1.807, 2.05) is 60.7 Å². The average Bonchev–Trinajstić information content (AvgIpc) is 2.79. The summed E-state index contributed by atoms with van der Waals surface area (Å²) in [5.74, 6) is -0.621. The van der Waals surface area contributed by atoms with Gasteiger partial charge in [-0.05, 0) is 16.7 Å². The van der Waals surface area contributed by atoms with Gasteiger partial charge in [-0.15, -0.1) is 0 Å². The van der Waals surface area contributed by atoms with Crippen LogP contribution in [0.2, 0.25) is 0 Å². The first-order valence-corrected chi connectivity index (χ1v) is 10.8. The molecule has 0 saturated carbocycles. The van der Waals surface area contributed by atoms with Crippen LogP contribution in [0.3, 0.4) is 0 Å². The van der Waals surface area contributed by atoms with Crippen molar-refractivity contribution in [3.05, 3.63) is 82.2 Å². The lowest BCUT2D eigenvalue weighted by Gasteiger charge is -2.40. The van der Waals surface area contributed by atoms with E-state index in [9.17, 15) is 0 Å². The van der Waals surface area contributed by atoms with E-state index in [0.29, 0.717) is 0 Å². The third-order valence-electron chi connectivity index (χ3n) is 4.66. The lowest BCUT2D eigenvalue weighted by Crippen LogP contribution is -2.56. The van der Waals surface area contributed by atoms with Crippen LogP contribution in [0.5, 0.6) is 0 Å². The minimum atomic E-state index is -2.07. The van der Waals surface area contributed by atoms with Gasteiger partial charge in [0.2, 0.25) is 12.2 Å². The second kappa shape index (κ2) is 11.7. The molecule has 0 aliphatic carbocycles. The summed E-state index contributed by atoms with van der Waals surface area (Å²) in [7, 11) is 0. The number of azide groups is 1. The number of nitrogens with zero attached hydrogens (tertiary/aromatic N) is 3. The predicted octanol–water partition coefficient (Wildman–Crippen LogP) is 5.56. The molecule has 1 saturated heterocycles. The van der Waals surface area contributed by atoms with E-state index in [4.69, 9.17) is 64.7 Å². The molecule has 1 aliphatic rings. The van der Waals surface area contributed by atoms with Crippen molar-refractivity contribution in [1.29, 1.82) is 5.41 Å². The van der Waals surface area contributed by atoms with E-state index in [0.717, 1.165) is 11.1 Å². The molecule has 2 aromatic rings. The summed E-state index contributed by atoms with van der Waals surface area (Å²) >= 11 is 17.3.